The minimum absolute atomic E-state index is 0.0570. The fourth-order valence-corrected chi connectivity index (χ4v) is 1.80. The van der Waals surface area contributed by atoms with Crippen molar-refractivity contribution in [2.24, 2.45) is 5.92 Å². The molecule has 0 aromatic carbocycles. The van der Waals surface area contributed by atoms with E-state index in [2.05, 4.69) is 20.8 Å². The minimum atomic E-state index is -0.251. The van der Waals surface area contributed by atoms with Crippen LogP contribution in [0.2, 0.25) is 0 Å². The summed E-state index contributed by atoms with van der Waals surface area (Å²) >= 11 is 0. The second-order valence-electron chi connectivity index (χ2n) is 4.21. The maximum absolute atomic E-state index is 11.2. The number of hydrogen-bond acceptors (Lipinski definition) is 3. The number of esters is 1. The summed E-state index contributed by atoms with van der Waals surface area (Å²) < 4.78 is 10.1. The highest BCUT2D eigenvalue weighted by molar-refractivity contribution is 5.70. The van der Waals surface area contributed by atoms with Crippen LogP contribution in [0.3, 0.4) is 0 Å². The third kappa shape index (κ3) is 6.83. The van der Waals surface area contributed by atoms with Crippen LogP contribution in [0.15, 0.2) is 0 Å². The number of methoxy groups -OCH3 is 1. The highest BCUT2D eigenvalue weighted by Crippen LogP contribution is 2.18. The van der Waals surface area contributed by atoms with Crippen molar-refractivity contribution in [1.82, 2.24) is 0 Å². The van der Waals surface area contributed by atoms with Crippen LogP contribution in [0.4, 0.5) is 0 Å². The summed E-state index contributed by atoms with van der Waals surface area (Å²) in [5.41, 5.74) is 0. The Bertz CT molecular complexity index is 176. The molecule has 0 saturated heterocycles. The Kier molecular flexibility index (Phi) is 9.30. The minimum Gasteiger partial charge on any atom is -0.461 e. The topological polar surface area (TPSA) is 35.5 Å². The lowest BCUT2D eigenvalue weighted by molar-refractivity contribution is -0.154. The average Bonchev–Trinajstić information content (AvgIpc) is 2.29. The van der Waals surface area contributed by atoms with Gasteiger partial charge in [-0.25, -0.2) is 4.79 Å². The Labute approximate surface area is 99.5 Å². The van der Waals surface area contributed by atoms with Crippen LogP contribution in [-0.2, 0) is 14.3 Å². The first-order valence-corrected chi connectivity index (χ1v) is 6.36. The molecule has 0 aliphatic carbocycles. The van der Waals surface area contributed by atoms with E-state index < -0.39 is 0 Å². The molecule has 0 fully saturated rings. The standard InChI is InChI=1S/C13H26O3/c1-5-11(6-2)8-9-12(7-3)16-13(14)10-15-4/h11-12H,5-10H2,1-4H3. The van der Waals surface area contributed by atoms with E-state index in [-0.39, 0.29) is 18.7 Å². The molecule has 0 spiro atoms. The van der Waals surface area contributed by atoms with Crippen LogP contribution < -0.4 is 0 Å². The SMILES string of the molecule is CCC(CC)CCC(CC)OC(=O)COC. The Morgan fingerprint density at radius 1 is 1.06 bits per heavy atom. The highest BCUT2D eigenvalue weighted by Gasteiger charge is 2.14. The first-order chi connectivity index (χ1) is 7.67. The molecule has 0 aliphatic heterocycles. The summed E-state index contributed by atoms with van der Waals surface area (Å²) in [5.74, 6) is 0.508. The van der Waals surface area contributed by atoms with Crippen molar-refractivity contribution in [1.29, 1.82) is 0 Å². The lowest BCUT2D eigenvalue weighted by Gasteiger charge is -2.19. The summed E-state index contributed by atoms with van der Waals surface area (Å²) in [6.45, 7) is 6.54. The maximum Gasteiger partial charge on any atom is 0.332 e. The first kappa shape index (κ1) is 15.4. The van der Waals surface area contributed by atoms with E-state index in [1.165, 1.54) is 20.0 Å². The third-order valence-corrected chi connectivity index (χ3v) is 3.07. The summed E-state index contributed by atoms with van der Waals surface area (Å²) in [6, 6.07) is 0. The number of rotatable bonds is 9. The van der Waals surface area contributed by atoms with Crippen molar-refractivity contribution >= 4 is 5.97 Å². The van der Waals surface area contributed by atoms with E-state index in [1.807, 2.05) is 0 Å². The Hall–Kier alpha value is -0.570. The van der Waals surface area contributed by atoms with E-state index in [0.29, 0.717) is 0 Å². The van der Waals surface area contributed by atoms with Gasteiger partial charge in [0.05, 0.1) is 0 Å². The molecule has 96 valence electrons. The highest BCUT2D eigenvalue weighted by atomic mass is 16.6. The Morgan fingerprint density at radius 2 is 1.69 bits per heavy atom. The van der Waals surface area contributed by atoms with E-state index in [4.69, 9.17) is 9.47 Å². The molecular formula is C13H26O3. The lowest BCUT2D eigenvalue weighted by Crippen LogP contribution is -2.21. The monoisotopic (exact) mass is 230 g/mol. The lowest BCUT2D eigenvalue weighted by atomic mass is 9.95. The predicted molar refractivity (Wildman–Crippen MR) is 65.4 cm³/mol. The van der Waals surface area contributed by atoms with Crippen LogP contribution in [0.5, 0.6) is 0 Å². The number of ether oxygens (including phenoxy) is 2. The Balaban J connectivity index is 3.86. The molecule has 0 bridgehead atoms. The zero-order valence-corrected chi connectivity index (χ0v) is 11.1. The van der Waals surface area contributed by atoms with E-state index in [1.54, 1.807) is 0 Å². The van der Waals surface area contributed by atoms with Gasteiger partial charge in [-0.05, 0) is 25.2 Å². The molecule has 16 heavy (non-hydrogen) atoms. The van der Waals surface area contributed by atoms with Crippen molar-refractivity contribution in [3.05, 3.63) is 0 Å². The van der Waals surface area contributed by atoms with Crippen molar-refractivity contribution in [3.63, 3.8) is 0 Å². The van der Waals surface area contributed by atoms with Gasteiger partial charge in [-0.15, -0.1) is 0 Å². The van der Waals surface area contributed by atoms with Crippen molar-refractivity contribution < 1.29 is 14.3 Å². The second kappa shape index (κ2) is 9.64. The molecule has 0 aromatic heterocycles. The summed E-state index contributed by atoms with van der Waals surface area (Å²) in [7, 11) is 1.51. The zero-order valence-electron chi connectivity index (χ0n) is 11.1. The summed E-state index contributed by atoms with van der Waals surface area (Å²) in [5, 5.41) is 0. The van der Waals surface area contributed by atoms with Gasteiger partial charge in [-0.1, -0.05) is 33.6 Å². The van der Waals surface area contributed by atoms with Gasteiger partial charge in [0.15, 0.2) is 0 Å². The molecule has 0 aliphatic rings. The van der Waals surface area contributed by atoms with Crippen LogP contribution in [0.1, 0.15) is 52.9 Å². The molecule has 0 amide bonds. The molecule has 1 unspecified atom stereocenters. The molecule has 0 heterocycles. The van der Waals surface area contributed by atoms with Gasteiger partial charge < -0.3 is 9.47 Å². The zero-order chi connectivity index (χ0) is 12.4. The van der Waals surface area contributed by atoms with Crippen LogP contribution >= 0.6 is 0 Å². The van der Waals surface area contributed by atoms with Crippen LogP contribution in [0, 0.1) is 5.92 Å². The van der Waals surface area contributed by atoms with Crippen molar-refractivity contribution in [3.8, 4) is 0 Å². The maximum atomic E-state index is 11.2. The molecule has 0 rings (SSSR count). The fourth-order valence-electron chi connectivity index (χ4n) is 1.80. The van der Waals surface area contributed by atoms with Crippen molar-refractivity contribution in [2.75, 3.05) is 13.7 Å². The van der Waals surface area contributed by atoms with E-state index >= 15 is 0 Å². The third-order valence-electron chi connectivity index (χ3n) is 3.07. The number of carbonyl (C=O) groups is 1. The molecule has 3 nitrogen and oxygen atoms in total. The molecule has 0 N–H and O–H groups in total. The quantitative estimate of drug-likeness (QED) is 0.571. The fraction of sp³-hybridized carbons (Fsp3) is 0.923. The van der Waals surface area contributed by atoms with Crippen LogP contribution in [-0.4, -0.2) is 25.8 Å². The van der Waals surface area contributed by atoms with E-state index in [0.717, 1.165) is 25.2 Å². The van der Waals surface area contributed by atoms with Gasteiger partial charge in [0, 0.05) is 7.11 Å². The van der Waals surface area contributed by atoms with E-state index in [9.17, 15) is 4.79 Å². The van der Waals surface area contributed by atoms with Gasteiger partial charge in [0.1, 0.15) is 12.7 Å². The molecule has 0 aromatic rings. The van der Waals surface area contributed by atoms with Gasteiger partial charge in [0.25, 0.3) is 0 Å². The summed E-state index contributed by atoms with van der Waals surface area (Å²) in [4.78, 5) is 11.2. The second-order valence-corrected chi connectivity index (χ2v) is 4.21. The molecule has 0 radical (unpaired) electrons. The predicted octanol–water partition coefficient (Wildman–Crippen LogP) is 3.17. The van der Waals surface area contributed by atoms with Gasteiger partial charge >= 0.3 is 5.97 Å². The molecule has 1 atom stereocenters. The average molecular weight is 230 g/mol. The molecule has 0 saturated carbocycles. The van der Waals surface area contributed by atoms with Gasteiger partial charge in [-0.3, -0.25) is 0 Å². The Morgan fingerprint density at radius 3 is 2.12 bits per heavy atom. The van der Waals surface area contributed by atoms with Gasteiger partial charge in [-0.2, -0.15) is 0 Å². The molecular weight excluding hydrogens is 204 g/mol. The first-order valence-electron chi connectivity index (χ1n) is 6.36. The molecule has 3 heteroatoms. The summed E-state index contributed by atoms with van der Waals surface area (Å²) in [6.07, 6.45) is 5.47. The normalized spacial score (nSPS) is 12.8. The number of carbonyl (C=O) groups excluding carboxylic acids is 1. The smallest absolute Gasteiger partial charge is 0.332 e. The van der Waals surface area contributed by atoms with Crippen molar-refractivity contribution in [2.45, 2.75) is 59.0 Å². The largest absolute Gasteiger partial charge is 0.461 e. The number of hydrogen-bond donors (Lipinski definition) is 0. The van der Waals surface area contributed by atoms with Crippen LogP contribution in [0.25, 0.3) is 0 Å². The van der Waals surface area contributed by atoms with Gasteiger partial charge in [0.2, 0.25) is 0 Å².